The molecule has 1 aromatic rings. The molecule has 0 unspecified atom stereocenters. The first-order valence-electron chi connectivity index (χ1n) is 11.3. The quantitative estimate of drug-likeness (QED) is 0.423. The number of hydrogen-bond donors (Lipinski definition) is 0. The van der Waals surface area contributed by atoms with E-state index in [0.717, 1.165) is 55.2 Å². The molecule has 2 heteroatoms. The minimum Gasteiger partial charge on any atom is -0.494 e. The van der Waals surface area contributed by atoms with Gasteiger partial charge in [-0.3, -0.25) is 0 Å². The summed E-state index contributed by atoms with van der Waals surface area (Å²) in [7, 11) is 0. The highest BCUT2D eigenvalue weighted by molar-refractivity contribution is 5.29. The van der Waals surface area contributed by atoms with Gasteiger partial charge in [0.25, 0.3) is 0 Å². The van der Waals surface area contributed by atoms with Crippen LogP contribution in [0.4, 0.5) is 4.39 Å². The zero-order chi connectivity index (χ0) is 18.9. The second-order valence-electron chi connectivity index (χ2n) is 8.76. The Labute approximate surface area is 165 Å². The summed E-state index contributed by atoms with van der Waals surface area (Å²) < 4.78 is 18.0. The summed E-state index contributed by atoms with van der Waals surface area (Å²) in [4.78, 5) is 0. The van der Waals surface area contributed by atoms with Crippen molar-refractivity contribution >= 4 is 0 Å². The third-order valence-electron chi connectivity index (χ3n) is 7.01. The van der Waals surface area contributed by atoms with E-state index in [1.807, 2.05) is 0 Å². The molecule has 2 saturated carbocycles. The predicted octanol–water partition coefficient (Wildman–Crippen LogP) is 7.82. The number of unbranched alkanes of at least 4 members (excludes halogenated alkanes) is 1. The monoisotopic (exact) mass is 372 g/mol. The van der Waals surface area contributed by atoms with Crippen LogP contribution in [-0.4, -0.2) is 6.61 Å². The molecule has 0 N–H and O–H groups in total. The lowest BCUT2D eigenvalue weighted by molar-refractivity contribution is 0.160. The highest BCUT2D eigenvalue weighted by Crippen LogP contribution is 2.44. The number of hydrogen-bond acceptors (Lipinski definition) is 1. The number of rotatable bonds is 8. The Morgan fingerprint density at radius 2 is 1.56 bits per heavy atom. The van der Waals surface area contributed by atoms with E-state index in [-0.39, 0.29) is 0 Å². The lowest BCUT2D eigenvalue weighted by atomic mass is 9.68. The Hall–Kier alpha value is -1.31. The molecular weight excluding hydrogens is 335 g/mol. The summed E-state index contributed by atoms with van der Waals surface area (Å²) >= 11 is 0. The number of benzene rings is 1. The van der Waals surface area contributed by atoms with E-state index < -0.39 is 0 Å². The van der Waals surface area contributed by atoms with Gasteiger partial charge < -0.3 is 4.74 Å². The standard InChI is InChI=1S/C25H37FO/c1-2-3-19-27-25-16-14-24(15-17-25)23-12-10-22(11-13-23)21-8-6-20(7-9-21)5-4-18-26/h4,14-18,20-23H,2-3,5-13,19H2,1H3/b18-4+/t20-,21-,22?,23?. The molecule has 0 amide bonds. The molecular formula is C25H37FO. The van der Waals surface area contributed by atoms with Gasteiger partial charge in [0.05, 0.1) is 12.9 Å². The van der Waals surface area contributed by atoms with Crippen molar-refractivity contribution in [2.75, 3.05) is 6.61 Å². The number of ether oxygens (including phenoxy) is 1. The summed E-state index contributed by atoms with van der Waals surface area (Å²) in [5.74, 6) is 4.32. The summed E-state index contributed by atoms with van der Waals surface area (Å²) in [5, 5.41) is 0. The first kappa shape index (κ1) is 20.4. The van der Waals surface area contributed by atoms with E-state index in [2.05, 4.69) is 31.2 Å². The van der Waals surface area contributed by atoms with Gasteiger partial charge in [-0.2, -0.15) is 0 Å². The van der Waals surface area contributed by atoms with Gasteiger partial charge in [0, 0.05) is 0 Å². The van der Waals surface area contributed by atoms with Crippen molar-refractivity contribution in [2.24, 2.45) is 17.8 Å². The first-order valence-corrected chi connectivity index (χ1v) is 11.3. The summed E-state index contributed by atoms with van der Waals surface area (Å²) in [6, 6.07) is 8.89. The molecule has 0 spiro atoms. The van der Waals surface area contributed by atoms with Crippen molar-refractivity contribution in [3.63, 3.8) is 0 Å². The van der Waals surface area contributed by atoms with Crippen molar-refractivity contribution in [1.29, 1.82) is 0 Å². The fraction of sp³-hybridized carbons (Fsp3) is 0.680. The van der Waals surface area contributed by atoms with Crippen molar-refractivity contribution in [2.45, 2.75) is 83.5 Å². The second-order valence-corrected chi connectivity index (χ2v) is 8.76. The van der Waals surface area contributed by atoms with Gasteiger partial charge in [-0.25, -0.2) is 4.39 Å². The molecule has 0 atom stereocenters. The third kappa shape index (κ3) is 6.09. The maximum absolute atomic E-state index is 12.2. The second kappa shape index (κ2) is 10.9. The number of allylic oxidation sites excluding steroid dienone is 1. The molecule has 0 aliphatic heterocycles. The van der Waals surface area contributed by atoms with Crippen LogP contribution in [0.2, 0.25) is 0 Å². The van der Waals surface area contributed by atoms with Crippen LogP contribution in [0, 0.1) is 17.8 Å². The average molecular weight is 373 g/mol. The zero-order valence-electron chi connectivity index (χ0n) is 17.0. The van der Waals surface area contributed by atoms with E-state index in [1.165, 1.54) is 63.4 Å². The predicted molar refractivity (Wildman–Crippen MR) is 112 cm³/mol. The van der Waals surface area contributed by atoms with Crippen LogP contribution in [-0.2, 0) is 0 Å². The van der Waals surface area contributed by atoms with Crippen LogP contribution in [0.25, 0.3) is 0 Å². The van der Waals surface area contributed by atoms with Crippen LogP contribution in [0.3, 0.4) is 0 Å². The SMILES string of the molecule is CCCCOc1ccc(C2CCC([C@H]3CC[C@H](C/C=C/F)CC3)CC2)cc1. The van der Waals surface area contributed by atoms with Gasteiger partial charge in [0.2, 0.25) is 0 Å². The molecule has 2 fully saturated rings. The largest absolute Gasteiger partial charge is 0.494 e. The highest BCUT2D eigenvalue weighted by atomic mass is 19.1. The smallest absolute Gasteiger partial charge is 0.119 e. The van der Waals surface area contributed by atoms with Crippen molar-refractivity contribution < 1.29 is 9.13 Å². The van der Waals surface area contributed by atoms with Gasteiger partial charge in [-0.1, -0.05) is 31.6 Å². The third-order valence-corrected chi connectivity index (χ3v) is 7.01. The van der Waals surface area contributed by atoms with Crippen molar-refractivity contribution in [1.82, 2.24) is 0 Å². The molecule has 27 heavy (non-hydrogen) atoms. The average Bonchev–Trinajstić information content (AvgIpc) is 2.73. The molecule has 0 aromatic heterocycles. The Bertz CT molecular complexity index is 548. The summed E-state index contributed by atoms with van der Waals surface area (Å²) in [5.41, 5.74) is 1.50. The minimum absolute atomic E-state index is 0.719. The molecule has 0 heterocycles. The van der Waals surface area contributed by atoms with E-state index in [1.54, 1.807) is 6.08 Å². The van der Waals surface area contributed by atoms with Crippen molar-refractivity contribution in [3.05, 3.63) is 42.2 Å². The van der Waals surface area contributed by atoms with Gasteiger partial charge in [0.15, 0.2) is 0 Å². The van der Waals surface area contributed by atoms with Gasteiger partial charge >= 0.3 is 0 Å². The fourth-order valence-corrected chi connectivity index (χ4v) is 5.23. The number of halogens is 1. The molecule has 1 aromatic carbocycles. The van der Waals surface area contributed by atoms with Gasteiger partial charge in [-0.15, -0.1) is 0 Å². The van der Waals surface area contributed by atoms with Crippen LogP contribution in [0.15, 0.2) is 36.7 Å². The Morgan fingerprint density at radius 3 is 2.15 bits per heavy atom. The van der Waals surface area contributed by atoms with E-state index in [9.17, 15) is 4.39 Å². The normalized spacial score (nSPS) is 29.1. The summed E-state index contributed by atoms with van der Waals surface area (Å²) in [6.07, 6.45) is 16.4. The van der Waals surface area contributed by atoms with Gasteiger partial charge in [0.1, 0.15) is 5.75 Å². The van der Waals surface area contributed by atoms with Crippen LogP contribution in [0.5, 0.6) is 5.75 Å². The maximum Gasteiger partial charge on any atom is 0.119 e. The van der Waals surface area contributed by atoms with Crippen LogP contribution in [0.1, 0.15) is 89.0 Å². The Balaban J connectivity index is 1.41. The van der Waals surface area contributed by atoms with E-state index in [0.29, 0.717) is 0 Å². The highest BCUT2D eigenvalue weighted by Gasteiger charge is 2.31. The van der Waals surface area contributed by atoms with E-state index >= 15 is 0 Å². The van der Waals surface area contributed by atoms with Crippen LogP contribution < -0.4 is 4.74 Å². The van der Waals surface area contributed by atoms with Gasteiger partial charge in [-0.05, 0) is 106 Å². The lowest BCUT2D eigenvalue weighted by Crippen LogP contribution is -2.25. The molecule has 2 aliphatic rings. The topological polar surface area (TPSA) is 9.23 Å². The van der Waals surface area contributed by atoms with Crippen LogP contribution >= 0.6 is 0 Å². The summed E-state index contributed by atoms with van der Waals surface area (Å²) in [6.45, 7) is 3.02. The lowest BCUT2D eigenvalue weighted by Gasteiger charge is -2.38. The first-order chi connectivity index (χ1) is 13.3. The fourth-order valence-electron chi connectivity index (χ4n) is 5.23. The molecule has 2 aliphatic carbocycles. The minimum atomic E-state index is 0.719. The van der Waals surface area contributed by atoms with E-state index in [4.69, 9.17) is 4.74 Å². The zero-order valence-corrected chi connectivity index (χ0v) is 17.0. The Kier molecular flexibility index (Phi) is 8.23. The molecule has 1 nitrogen and oxygen atoms in total. The molecule has 0 radical (unpaired) electrons. The molecule has 150 valence electrons. The molecule has 0 bridgehead atoms. The molecule has 3 rings (SSSR count). The maximum atomic E-state index is 12.2. The Morgan fingerprint density at radius 1 is 0.926 bits per heavy atom. The molecule has 0 saturated heterocycles. The van der Waals surface area contributed by atoms with Crippen molar-refractivity contribution in [3.8, 4) is 5.75 Å².